The van der Waals surface area contributed by atoms with Crippen molar-refractivity contribution in [2.75, 3.05) is 32.4 Å². The zero-order valence-corrected chi connectivity index (χ0v) is 16.1. The Morgan fingerprint density at radius 2 is 2.08 bits per heavy atom. The van der Waals surface area contributed by atoms with Crippen molar-refractivity contribution in [1.82, 2.24) is 19.1 Å². The van der Waals surface area contributed by atoms with Gasteiger partial charge >= 0.3 is 6.03 Å². The van der Waals surface area contributed by atoms with E-state index < -0.39 is 10.0 Å². The average Bonchev–Trinajstić information content (AvgIpc) is 2.60. The second-order valence-electron chi connectivity index (χ2n) is 6.37. The number of piperidine rings is 1. The standard InChI is InChI=1S/C17H28N4O3S/c1-4-19(5-2)17(22)20-11-7-9-16(14-20)21(25(3,23)24)13-15-8-6-10-18-12-15/h6,8,10,12,16H,4-5,7,9,11,13-14H2,1-3H3. The highest BCUT2D eigenvalue weighted by atomic mass is 32.2. The van der Waals surface area contributed by atoms with E-state index in [4.69, 9.17) is 0 Å². The van der Waals surface area contributed by atoms with Gasteiger partial charge in [-0.15, -0.1) is 0 Å². The van der Waals surface area contributed by atoms with Crippen molar-refractivity contribution < 1.29 is 13.2 Å². The van der Waals surface area contributed by atoms with Crippen LogP contribution >= 0.6 is 0 Å². The summed E-state index contributed by atoms with van der Waals surface area (Å²) in [5.74, 6) is 0. The predicted octanol–water partition coefficient (Wildman–Crippen LogP) is 1.77. The molecule has 140 valence electrons. The van der Waals surface area contributed by atoms with E-state index in [2.05, 4.69) is 4.98 Å². The first-order valence-corrected chi connectivity index (χ1v) is 10.6. The van der Waals surface area contributed by atoms with Crippen LogP contribution in [0.5, 0.6) is 0 Å². The number of likely N-dealkylation sites (tertiary alicyclic amines) is 1. The maximum absolute atomic E-state index is 12.6. The van der Waals surface area contributed by atoms with Gasteiger partial charge in [0.25, 0.3) is 0 Å². The summed E-state index contributed by atoms with van der Waals surface area (Å²) in [6.45, 7) is 6.61. The first-order valence-electron chi connectivity index (χ1n) is 8.76. The van der Waals surface area contributed by atoms with Gasteiger partial charge in [0.1, 0.15) is 0 Å². The van der Waals surface area contributed by atoms with Crippen molar-refractivity contribution >= 4 is 16.1 Å². The second-order valence-corrected chi connectivity index (χ2v) is 8.30. The number of pyridine rings is 1. The van der Waals surface area contributed by atoms with Crippen LogP contribution in [0.1, 0.15) is 32.3 Å². The van der Waals surface area contributed by atoms with Gasteiger partial charge in [-0.25, -0.2) is 13.2 Å². The molecule has 1 aromatic heterocycles. The molecule has 0 aliphatic carbocycles. The van der Waals surface area contributed by atoms with Crippen LogP contribution in [0.25, 0.3) is 0 Å². The average molecular weight is 369 g/mol. The lowest BCUT2D eigenvalue weighted by atomic mass is 10.1. The van der Waals surface area contributed by atoms with Crippen LogP contribution in [0.3, 0.4) is 0 Å². The number of carbonyl (C=O) groups is 1. The van der Waals surface area contributed by atoms with E-state index in [0.717, 1.165) is 18.4 Å². The van der Waals surface area contributed by atoms with Gasteiger partial charge in [0, 0.05) is 51.2 Å². The van der Waals surface area contributed by atoms with Crippen LogP contribution in [0, 0.1) is 0 Å². The number of urea groups is 1. The number of hydrogen-bond donors (Lipinski definition) is 0. The number of aromatic nitrogens is 1. The summed E-state index contributed by atoms with van der Waals surface area (Å²) in [5.41, 5.74) is 0.847. The van der Waals surface area contributed by atoms with Gasteiger partial charge in [0.05, 0.1) is 6.26 Å². The van der Waals surface area contributed by atoms with E-state index in [-0.39, 0.29) is 18.6 Å². The highest BCUT2D eigenvalue weighted by molar-refractivity contribution is 7.88. The third-order valence-electron chi connectivity index (χ3n) is 4.60. The molecule has 1 unspecified atom stereocenters. The van der Waals surface area contributed by atoms with Crippen LogP contribution in [-0.2, 0) is 16.6 Å². The van der Waals surface area contributed by atoms with Crippen molar-refractivity contribution in [3.05, 3.63) is 30.1 Å². The predicted molar refractivity (Wildman–Crippen MR) is 97.5 cm³/mol. The third kappa shape index (κ3) is 5.15. The van der Waals surface area contributed by atoms with E-state index in [1.54, 1.807) is 28.3 Å². The third-order valence-corrected chi connectivity index (χ3v) is 5.87. The Hall–Kier alpha value is -1.67. The van der Waals surface area contributed by atoms with Crippen LogP contribution in [0.15, 0.2) is 24.5 Å². The van der Waals surface area contributed by atoms with Gasteiger partial charge in [0.15, 0.2) is 0 Å². The minimum Gasteiger partial charge on any atom is -0.325 e. The smallest absolute Gasteiger partial charge is 0.320 e. The van der Waals surface area contributed by atoms with Gasteiger partial charge in [-0.2, -0.15) is 4.31 Å². The van der Waals surface area contributed by atoms with Crippen LogP contribution in [0.4, 0.5) is 4.79 Å². The highest BCUT2D eigenvalue weighted by Gasteiger charge is 2.33. The molecular formula is C17H28N4O3S. The monoisotopic (exact) mass is 368 g/mol. The Morgan fingerprint density at radius 1 is 1.36 bits per heavy atom. The van der Waals surface area contributed by atoms with Crippen molar-refractivity contribution in [3.8, 4) is 0 Å². The Bertz CT molecular complexity index is 662. The molecule has 2 heterocycles. The highest BCUT2D eigenvalue weighted by Crippen LogP contribution is 2.21. The van der Waals surface area contributed by atoms with E-state index in [1.165, 1.54) is 10.6 Å². The summed E-state index contributed by atoms with van der Waals surface area (Å²) in [4.78, 5) is 20.2. The molecule has 1 fully saturated rings. The Balaban J connectivity index is 2.16. The van der Waals surface area contributed by atoms with E-state index >= 15 is 0 Å². The molecule has 8 heteroatoms. The second kappa shape index (κ2) is 8.62. The van der Waals surface area contributed by atoms with Gasteiger partial charge in [-0.05, 0) is 38.3 Å². The molecule has 0 aromatic carbocycles. The zero-order chi connectivity index (χ0) is 18.4. The fourth-order valence-corrected chi connectivity index (χ4v) is 4.34. The molecule has 25 heavy (non-hydrogen) atoms. The molecule has 7 nitrogen and oxygen atoms in total. The van der Waals surface area contributed by atoms with E-state index in [0.29, 0.717) is 26.2 Å². The first-order chi connectivity index (χ1) is 11.9. The summed E-state index contributed by atoms with van der Waals surface area (Å²) in [5, 5.41) is 0. The summed E-state index contributed by atoms with van der Waals surface area (Å²) >= 11 is 0. The lowest BCUT2D eigenvalue weighted by Gasteiger charge is -2.39. The molecule has 0 radical (unpaired) electrons. The number of hydrogen-bond acceptors (Lipinski definition) is 4. The maximum Gasteiger partial charge on any atom is 0.320 e. The number of rotatable bonds is 6. The molecule has 2 rings (SSSR count). The van der Waals surface area contributed by atoms with Gasteiger partial charge in [-0.1, -0.05) is 6.07 Å². The molecule has 0 saturated carbocycles. The quantitative estimate of drug-likeness (QED) is 0.767. The molecule has 0 spiro atoms. The van der Waals surface area contributed by atoms with E-state index in [9.17, 15) is 13.2 Å². The molecule has 2 amide bonds. The molecule has 0 N–H and O–H groups in total. The van der Waals surface area contributed by atoms with Gasteiger partial charge < -0.3 is 9.80 Å². The van der Waals surface area contributed by atoms with Crippen molar-refractivity contribution in [1.29, 1.82) is 0 Å². The van der Waals surface area contributed by atoms with Crippen molar-refractivity contribution in [3.63, 3.8) is 0 Å². The van der Waals surface area contributed by atoms with Crippen molar-refractivity contribution in [2.24, 2.45) is 0 Å². The molecule has 1 aromatic rings. The minimum absolute atomic E-state index is 0.00970. The minimum atomic E-state index is -3.39. The molecule has 0 bridgehead atoms. The number of amides is 2. The van der Waals surface area contributed by atoms with Gasteiger partial charge in [-0.3, -0.25) is 4.98 Å². The molecule has 1 aliphatic rings. The summed E-state index contributed by atoms with van der Waals surface area (Å²) in [6, 6.07) is 3.45. The van der Waals surface area contributed by atoms with Crippen LogP contribution < -0.4 is 0 Å². The topological polar surface area (TPSA) is 73.8 Å². The van der Waals surface area contributed by atoms with Crippen LogP contribution in [0.2, 0.25) is 0 Å². The fourth-order valence-electron chi connectivity index (χ4n) is 3.25. The largest absolute Gasteiger partial charge is 0.325 e. The molecule has 1 aliphatic heterocycles. The molecular weight excluding hydrogens is 340 g/mol. The lowest BCUT2D eigenvalue weighted by molar-refractivity contribution is 0.121. The summed E-state index contributed by atoms with van der Waals surface area (Å²) < 4.78 is 26.2. The Morgan fingerprint density at radius 3 is 2.64 bits per heavy atom. The number of carbonyl (C=O) groups excluding carboxylic acids is 1. The van der Waals surface area contributed by atoms with Gasteiger partial charge in [0.2, 0.25) is 10.0 Å². The van der Waals surface area contributed by atoms with E-state index in [1.807, 2.05) is 19.9 Å². The molecule has 1 atom stereocenters. The molecule has 1 saturated heterocycles. The number of nitrogens with zero attached hydrogens (tertiary/aromatic N) is 4. The first kappa shape index (κ1) is 19.7. The maximum atomic E-state index is 12.6. The normalized spacial score (nSPS) is 18.4. The SMILES string of the molecule is CCN(CC)C(=O)N1CCCC(N(Cc2cccnc2)S(C)(=O)=O)C1. The fraction of sp³-hybridized carbons (Fsp3) is 0.647. The number of sulfonamides is 1. The Kier molecular flexibility index (Phi) is 6.78. The summed E-state index contributed by atoms with van der Waals surface area (Å²) in [6.07, 6.45) is 6.14. The van der Waals surface area contributed by atoms with Crippen LogP contribution in [-0.4, -0.2) is 72.0 Å². The summed E-state index contributed by atoms with van der Waals surface area (Å²) in [7, 11) is -3.39. The lowest BCUT2D eigenvalue weighted by Crippen LogP contribution is -2.54. The zero-order valence-electron chi connectivity index (χ0n) is 15.3. The van der Waals surface area contributed by atoms with Crippen molar-refractivity contribution in [2.45, 2.75) is 39.3 Å². The Labute approximate surface area is 150 Å².